The number of hydrogen-bond acceptors (Lipinski definition) is 5. The Morgan fingerprint density at radius 3 is 2.45 bits per heavy atom. The first-order chi connectivity index (χ1) is 15.0. The average Bonchev–Trinajstić information content (AvgIpc) is 3.12. The molecule has 31 heavy (non-hydrogen) atoms. The molecule has 0 aliphatic carbocycles. The largest absolute Gasteiger partial charge is 0.492 e. The second kappa shape index (κ2) is 9.96. The van der Waals surface area contributed by atoms with Gasteiger partial charge in [0.05, 0.1) is 12.4 Å². The van der Waals surface area contributed by atoms with Crippen molar-refractivity contribution in [2.75, 3.05) is 39.3 Å². The third kappa shape index (κ3) is 5.54. The molecule has 0 radical (unpaired) electrons. The summed E-state index contributed by atoms with van der Waals surface area (Å²) in [6, 6.07) is 13.9. The number of rotatable bonds is 7. The van der Waals surface area contributed by atoms with Crippen molar-refractivity contribution in [2.45, 2.75) is 20.5 Å². The number of piperazine rings is 1. The van der Waals surface area contributed by atoms with Crippen LogP contribution >= 0.6 is 23.8 Å². The fraction of sp³-hybridized carbons (Fsp3) is 0.391. The standard InChI is InChI=1S/C23H28ClN5OS/c1-18-3-4-19(2)22(15-18)28-16-25-29(23(28)31)17-27-11-9-26(10-12-27)13-14-30-21-7-5-20(24)6-8-21/h3-8,15-16H,9-14,17H2,1-2H3. The van der Waals surface area contributed by atoms with Crippen molar-refractivity contribution in [1.82, 2.24) is 24.1 Å². The van der Waals surface area contributed by atoms with E-state index in [0.29, 0.717) is 13.3 Å². The van der Waals surface area contributed by atoms with Crippen molar-refractivity contribution in [3.05, 3.63) is 69.7 Å². The molecule has 2 aromatic carbocycles. The van der Waals surface area contributed by atoms with Gasteiger partial charge in [-0.05, 0) is 67.5 Å². The van der Waals surface area contributed by atoms with Gasteiger partial charge in [0.25, 0.3) is 0 Å². The summed E-state index contributed by atoms with van der Waals surface area (Å²) in [5.74, 6) is 0.858. The van der Waals surface area contributed by atoms with Crippen molar-refractivity contribution >= 4 is 23.8 Å². The lowest BCUT2D eigenvalue weighted by atomic mass is 10.1. The van der Waals surface area contributed by atoms with Gasteiger partial charge < -0.3 is 4.74 Å². The number of ether oxygens (including phenoxy) is 1. The molecule has 1 aliphatic rings. The first kappa shape index (κ1) is 22.0. The highest BCUT2D eigenvalue weighted by Gasteiger charge is 2.18. The lowest BCUT2D eigenvalue weighted by molar-refractivity contribution is 0.0921. The number of nitrogens with zero attached hydrogens (tertiary/aromatic N) is 5. The number of hydrogen-bond donors (Lipinski definition) is 0. The second-order valence-corrected chi connectivity index (χ2v) is 8.78. The van der Waals surface area contributed by atoms with Crippen LogP contribution in [0.25, 0.3) is 5.69 Å². The monoisotopic (exact) mass is 457 g/mol. The number of halogens is 1. The van der Waals surface area contributed by atoms with Crippen LogP contribution in [-0.4, -0.2) is 63.5 Å². The van der Waals surface area contributed by atoms with Crippen LogP contribution in [0.1, 0.15) is 11.1 Å². The summed E-state index contributed by atoms with van der Waals surface area (Å²) in [6.45, 7) is 10.5. The Morgan fingerprint density at radius 1 is 1.00 bits per heavy atom. The Labute approximate surface area is 193 Å². The van der Waals surface area contributed by atoms with E-state index in [1.165, 1.54) is 11.1 Å². The fourth-order valence-electron chi connectivity index (χ4n) is 3.75. The quantitative estimate of drug-likeness (QED) is 0.494. The zero-order valence-electron chi connectivity index (χ0n) is 18.0. The Morgan fingerprint density at radius 2 is 1.71 bits per heavy atom. The van der Waals surface area contributed by atoms with Crippen molar-refractivity contribution < 1.29 is 4.74 Å². The molecule has 0 amide bonds. The highest BCUT2D eigenvalue weighted by Crippen LogP contribution is 2.17. The number of benzene rings is 2. The highest BCUT2D eigenvalue weighted by atomic mass is 35.5. The average molecular weight is 458 g/mol. The van der Waals surface area contributed by atoms with E-state index in [4.69, 9.17) is 28.6 Å². The fourth-order valence-corrected chi connectivity index (χ4v) is 4.12. The molecular weight excluding hydrogens is 430 g/mol. The SMILES string of the molecule is Cc1ccc(C)c(-n2cnn(CN3CCN(CCOc4ccc(Cl)cc4)CC3)c2=S)c1. The molecule has 4 rings (SSSR count). The van der Waals surface area contributed by atoms with Crippen molar-refractivity contribution in [1.29, 1.82) is 0 Å². The summed E-state index contributed by atoms with van der Waals surface area (Å²) in [5.41, 5.74) is 3.50. The number of aromatic nitrogens is 3. The molecule has 3 aromatic rings. The molecule has 1 fully saturated rings. The second-order valence-electron chi connectivity index (χ2n) is 7.98. The third-order valence-electron chi connectivity index (χ3n) is 5.65. The van der Waals surface area contributed by atoms with Crippen LogP contribution in [0.15, 0.2) is 48.8 Å². The first-order valence-corrected chi connectivity index (χ1v) is 11.3. The van der Waals surface area contributed by atoms with Gasteiger partial charge in [-0.2, -0.15) is 5.10 Å². The minimum absolute atomic E-state index is 0.674. The predicted octanol–water partition coefficient (Wildman–Crippen LogP) is 4.33. The van der Waals surface area contributed by atoms with Gasteiger partial charge in [-0.25, -0.2) is 4.68 Å². The van der Waals surface area contributed by atoms with Crippen LogP contribution in [0.4, 0.5) is 0 Å². The third-order valence-corrected chi connectivity index (χ3v) is 6.31. The molecular formula is C23H28ClN5OS. The summed E-state index contributed by atoms with van der Waals surface area (Å²) in [4.78, 5) is 4.83. The Bertz CT molecular complexity index is 1070. The zero-order chi connectivity index (χ0) is 21.8. The van der Waals surface area contributed by atoms with Gasteiger partial charge in [0.1, 0.15) is 18.7 Å². The van der Waals surface area contributed by atoms with Crippen molar-refractivity contribution in [2.24, 2.45) is 0 Å². The van der Waals surface area contributed by atoms with Gasteiger partial charge >= 0.3 is 0 Å². The molecule has 1 saturated heterocycles. The minimum atomic E-state index is 0.674. The van der Waals surface area contributed by atoms with Gasteiger partial charge in [0, 0.05) is 37.7 Å². The van der Waals surface area contributed by atoms with Crippen molar-refractivity contribution in [3.8, 4) is 11.4 Å². The molecule has 2 heterocycles. The Hall–Kier alpha value is -2.19. The van der Waals surface area contributed by atoms with Crippen molar-refractivity contribution in [3.63, 3.8) is 0 Å². The van der Waals surface area contributed by atoms with Crippen LogP contribution in [0.2, 0.25) is 5.02 Å². The van der Waals surface area contributed by atoms with E-state index in [-0.39, 0.29) is 0 Å². The molecule has 6 nitrogen and oxygen atoms in total. The summed E-state index contributed by atoms with van der Waals surface area (Å²) in [5, 5.41) is 5.28. The van der Waals surface area contributed by atoms with Gasteiger partial charge in [0.2, 0.25) is 4.77 Å². The van der Waals surface area contributed by atoms with Gasteiger partial charge in [-0.1, -0.05) is 23.7 Å². The predicted molar refractivity (Wildman–Crippen MR) is 127 cm³/mol. The first-order valence-electron chi connectivity index (χ1n) is 10.5. The van der Waals surface area contributed by atoms with E-state index in [9.17, 15) is 0 Å². The van der Waals surface area contributed by atoms with Crippen LogP contribution in [0.3, 0.4) is 0 Å². The topological polar surface area (TPSA) is 38.5 Å². The van der Waals surface area contributed by atoms with E-state index in [1.54, 1.807) is 0 Å². The summed E-state index contributed by atoms with van der Waals surface area (Å²) < 4.78 is 10.5. The Balaban J connectivity index is 1.27. The maximum absolute atomic E-state index is 5.91. The maximum Gasteiger partial charge on any atom is 0.203 e. The molecule has 0 unspecified atom stereocenters. The van der Waals surface area contributed by atoms with Gasteiger partial charge in [0.15, 0.2) is 0 Å². The van der Waals surface area contributed by atoms with Crippen LogP contribution < -0.4 is 4.74 Å². The van der Waals surface area contributed by atoms with Gasteiger partial charge in [-0.15, -0.1) is 0 Å². The molecule has 0 atom stereocenters. The Kier molecular flexibility index (Phi) is 7.07. The molecule has 1 aromatic heterocycles. The lowest BCUT2D eigenvalue weighted by Crippen LogP contribution is -2.47. The lowest BCUT2D eigenvalue weighted by Gasteiger charge is -2.34. The minimum Gasteiger partial charge on any atom is -0.492 e. The van der Waals surface area contributed by atoms with E-state index in [0.717, 1.165) is 54.0 Å². The molecule has 164 valence electrons. The van der Waals surface area contributed by atoms with E-state index in [2.05, 4.69) is 46.9 Å². The van der Waals surface area contributed by atoms with Gasteiger partial charge in [-0.3, -0.25) is 14.4 Å². The molecule has 8 heteroatoms. The molecule has 0 saturated carbocycles. The van der Waals surface area contributed by atoms with Crippen LogP contribution in [-0.2, 0) is 6.67 Å². The number of aryl methyl sites for hydroxylation is 2. The van der Waals surface area contributed by atoms with Crippen LogP contribution in [0.5, 0.6) is 5.75 Å². The zero-order valence-corrected chi connectivity index (χ0v) is 19.6. The molecule has 0 spiro atoms. The van der Waals surface area contributed by atoms with Crippen LogP contribution in [0, 0.1) is 18.6 Å². The normalized spacial score (nSPS) is 15.3. The van der Waals surface area contributed by atoms with E-state index in [1.807, 2.05) is 39.8 Å². The summed E-state index contributed by atoms with van der Waals surface area (Å²) >= 11 is 11.6. The van der Waals surface area contributed by atoms with E-state index >= 15 is 0 Å². The maximum atomic E-state index is 5.91. The molecule has 1 aliphatic heterocycles. The molecule has 0 N–H and O–H groups in total. The summed E-state index contributed by atoms with van der Waals surface area (Å²) in [6.07, 6.45) is 1.83. The molecule has 0 bridgehead atoms. The summed E-state index contributed by atoms with van der Waals surface area (Å²) in [7, 11) is 0. The van der Waals surface area contributed by atoms with E-state index < -0.39 is 0 Å². The smallest absolute Gasteiger partial charge is 0.203 e. The highest BCUT2D eigenvalue weighted by molar-refractivity contribution is 7.71.